The summed E-state index contributed by atoms with van der Waals surface area (Å²) in [5.74, 6) is -0.555. The molecule has 166 valence electrons. The molecule has 0 radical (unpaired) electrons. The summed E-state index contributed by atoms with van der Waals surface area (Å²) in [6.45, 7) is 1.62. The highest BCUT2D eigenvalue weighted by atomic mass is 35.5. The second kappa shape index (κ2) is 9.86. The zero-order valence-corrected chi connectivity index (χ0v) is 18.0. The molecule has 0 atom stereocenters. The summed E-state index contributed by atoms with van der Waals surface area (Å²) in [7, 11) is -4.06. The Labute approximate surface area is 184 Å². The number of rotatable bonds is 7. The molecule has 0 spiro atoms. The van der Waals surface area contributed by atoms with Crippen LogP contribution in [0.3, 0.4) is 0 Å². The molecule has 0 bridgehead atoms. The first-order valence-corrected chi connectivity index (χ1v) is 11.2. The van der Waals surface area contributed by atoms with Gasteiger partial charge in [0.05, 0.1) is 36.2 Å². The quantitative estimate of drug-likeness (QED) is 0.487. The van der Waals surface area contributed by atoms with Gasteiger partial charge in [-0.1, -0.05) is 23.7 Å². The number of hydrogen-bond donors (Lipinski definition) is 4. The summed E-state index contributed by atoms with van der Waals surface area (Å²) in [4.78, 5) is 24.7. The monoisotopic (exact) mass is 467 g/mol. The van der Waals surface area contributed by atoms with Crippen molar-refractivity contribution in [2.24, 2.45) is 5.73 Å². The van der Waals surface area contributed by atoms with Crippen LogP contribution in [-0.2, 0) is 19.6 Å². The lowest BCUT2D eigenvalue weighted by Gasteiger charge is -2.30. The third-order valence-corrected chi connectivity index (χ3v) is 6.15. The van der Waals surface area contributed by atoms with Crippen molar-refractivity contribution in [2.75, 3.05) is 47.8 Å². The van der Waals surface area contributed by atoms with Crippen LogP contribution >= 0.6 is 11.6 Å². The lowest BCUT2D eigenvalue weighted by atomic mass is 10.2. The molecule has 5 N–H and O–H groups in total. The molecule has 1 fully saturated rings. The van der Waals surface area contributed by atoms with E-state index < -0.39 is 22.0 Å². The van der Waals surface area contributed by atoms with Gasteiger partial charge in [-0.25, -0.2) is 13.2 Å². The Morgan fingerprint density at radius 2 is 1.84 bits per heavy atom. The first-order chi connectivity index (χ1) is 14.8. The van der Waals surface area contributed by atoms with Crippen molar-refractivity contribution in [3.63, 3.8) is 0 Å². The summed E-state index contributed by atoms with van der Waals surface area (Å²) in [5, 5.41) is 4.97. The largest absolute Gasteiger partial charge is 0.378 e. The fraction of sp³-hybridized carbons (Fsp3) is 0.263. The minimum atomic E-state index is -4.06. The van der Waals surface area contributed by atoms with E-state index >= 15 is 0 Å². The highest BCUT2D eigenvalue weighted by molar-refractivity contribution is 7.93. The molecule has 31 heavy (non-hydrogen) atoms. The molecular formula is C19H22ClN5O5S. The van der Waals surface area contributed by atoms with Gasteiger partial charge in [-0.2, -0.15) is 0 Å². The summed E-state index contributed by atoms with van der Waals surface area (Å²) in [6, 6.07) is 10.2. The van der Waals surface area contributed by atoms with Crippen LogP contribution in [0.5, 0.6) is 0 Å². The lowest BCUT2D eigenvalue weighted by molar-refractivity contribution is -0.115. The number of amides is 3. The van der Waals surface area contributed by atoms with Crippen molar-refractivity contribution in [1.29, 1.82) is 0 Å². The number of ether oxygens (including phenoxy) is 1. The number of morpholine rings is 1. The van der Waals surface area contributed by atoms with Crippen LogP contribution in [0.4, 0.5) is 21.9 Å². The molecule has 0 saturated carbocycles. The topological polar surface area (TPSA) is 143 Å². The zero-order valence-electron chi connectivity index (χ0n) is 16.4. The Balaban J connectivity index is 1.94. The molecule has 1 aliphatic heterocycles. The Bertz CT molecular complexity index is 1070. The van der Waals surface area contributed by atoms with E-state index in [-0.39, 0.29) is 27.8 Å². The van der Waals surface area contributed by atoms with E-state index in [1.54, 1.807) is 36.4 Å². The number of urea groups is 1. The smallest absolute Gasteiger partial charge is 0.312 e. The highest BCUT2D eigenvalue weighted by Gasteiger charge is 2.25. The number of benzene rings is 2. The molecule has 2 aromatic carbocycles. The van der Waals surface area contributed by atoms with E-state index in [2.05, 4.69) is 15.4 Å². The van der Waals surface area contributed by atoms with Gasteiger partial charge in [-0.3, -0.25) is 9.52 Å². The fourth-order valence-corrected chi connectivity index (χ4v) is 4.56. The van der Waals surface area contributed by atoms with Crippen molar-refractivity contribution in [2.45, 2.75) is 4.90 Å². The van der Waals surface area contributed by atoms with E-state index in [0.29, 0.717) is 32.0 Å². The predicted molar refractivity (Wildman–Crippen MR) is 118 cm³/mol. The SMILES string of the molecule is NC(=O)NCC(=O)Nc1ccc(N2CCOCC2)c(S(=O)(=O)Nc2ccccc2Cl)c1. The van der Waals surface area contributed by atoms with Crippen LogP contribution in [0, 0.1) is 0 Å². The van der Waals surface area contributed by atoms with Crippen LogP contribution in [0.15, 0.2) is 47.4 Å². The molecule has 1 saturated heterocycles. The summed E-state index contributed by atoms with van der Waals surface area (Å²) in [5.41, 5.74) is 5.90. The minimum absolute atomic E-state index is 0.0324. The Kier molecular flexibility index (Phi) is 7.21. The first kappa shape index (κ1) is 22.7. The van der Waals surface area contributed by atoms with Gasteiger partial charge < -0.3 is 26.0 Å². The molecule has 3 rings (SSSR count). The van der Waals surface area contributed by atoms with Gasteiger partial charge in [-0.05, 0) is 30.3 Å². The number of carbonyl (C=O) groups is 2. The molecule has 10 nitrogen and oxygen atoms in total. The molecule has 12 heteroatoms. The number of halogens is 1. The molecule has 1 heterocycles. The highest BCUT2D eigenvalue weighted by Crippen LogP contribution is 2.32. The molecular weight excluding hydrogens is 446 g/mol. The fourth-order valence-electron chi connectivity index (χ4n) is 2.99. The number of hydrogen-bond acceptors (Lipinski definition) is 6. The predicted octanol–water partition coefficient (Wildman–Crippen LogP) is 1.58. The van der Waals surface area contributed by atoms with Crippen LogP contribution in [0.2, 0.25) is 5.02 Å². The number of para-hydroxylation sites is 1. The van der Waals surface area contributed by atoms with E-state index in [0.717, 1.165) is 0 Å². The number of nitrogens with one attached hydrogen (secondary N) is 3. The summed E-state index contributed by atoms with van der Waals surface area (Å²) >= 11 is 6.11. The molecule has 3 amide bonds. The zero-order chi connectivity index (χ0) is 22.4. The third kappa shape index (κ3) is 6.00. The van der Waals surface area contributed by atoms with Gasteiger partial charge in [0.25, 0.3) is 10.0 Å². The average molecular weight is 468 g/mol. The van der Waals surface area contributed by atoms with E-state index in [4.69, 9.17) is 22.1 Å². The van der Waals surface area contributed by atoms with Crippen molar-refractivity contribution in [1.82, 2.24) is 5.32 Å². The van der Waals surface area contributed by atoms with Crippen molar-refractivity contribution >= 4 is 50.6 Å². The van der Waals surface area contributed by atoms with E-state index in [1.807, 2.05) is 4.90 Å². The maximum atomic E-state index is 13.3. The molecule has 0 unspecified atom stereocenters. The van der Waals surface area contributed by atoms with Gasteiger partial charge in [-0.15, -0.1) is 0 Å². The second-order valence-electron chi connectivity index (χ2n) is 6.63. The minimum Gasteiger partial charge on any atom is -0.378 e. The second-order valence-corrected chi connectivity index (χ2v) is 8.69. The molecule has 1 aliphatic rings. The van der Waals surface area contributed by atoms with Crippen LogP contribution in [0.1, 0.15) is 0 Å². The number of nitrogens with two attached hydrogens (primary N) is 1. The Morgan fingerprint density at radius 1 is 1.13 bits per heavy atom. The third-order valence-electron chi connectivity index (χ3n) is 4.43. The first-order valence-electron chi connectivity index (χ1n) is 9.33. The van der Waals surface area contributed by atoms with Crippen LogP contribution < -0.4 is 26.0 Å². The number of sulfonamides is 1. The van der Waals surface area contributed by atoms with E-state index in [1.165, 1.54) is 6.07 Å². The summed E-state index contributed by atoms with van der Waals surface area (Å²) < 4.78 is 34.4. The maximum absolute atomic E-state index is 13.3. The molecule has 0 aromatic heterocycles. The number of anilines is 3. The van der Waals surface area contributed by atoms with Gasteiger partial charge in [0.1, 0.15) is 4.90 Å². The lowest BCUT2D eigenvalue weighted by Crippen LogP contribution is -2.37. The Hall–Kier alpha value is -3.02. The average Bonchev–Trinajstić information content (AvgIpc) is 2.74. The molecule has 2 aromatic rings. The van der Waals surface area contributed by atoms with Gasteiger partial charge in [0.15, 0.2) is 0 Å². The van der Waals surface area contributed by atoms with Gasteiger partial charge >= 0.3 is 6.03 Å². The number of carbonyl (C=O) groups excluding carboxylic acids is 2. The Morgan fingerprint density at radius 3 is 2.52 bits per heavy atom. The normalized spacial score (nSPS) is 14.0. The van der Waals surface area contributed by atoms with Crippen molar-refractivity contribution < 1.29 is 22.7 Å². The van der Waals surface area contributed by atoms with Crippen molar-refractivity contribution in [3.05, 3.63) is 47.5 Å². The van der Waals surface area contributed by atoms with E-state index in [9.17, 15) is 18.0 Å². The number of primary amides is 1. The molecule has 0 aliphatic carbocycles. The number of nitrogens with zero attached hydrogens (tertiary/aromatic N) is 1. The maximum Gasteiger partial charge on any atom is 0.312 e. The van der Waals surface area contributed by atoms with Gasteiger partial charge in [0.2, 0.25) is 5.91 Å². The van der Waals surface area contributed by atoms with Crippen molar-refractivity contribution in [3.8, 4) is 0 Å². The van der Waals surface area contributed by atoms with Gasteiger partial charge in [0, 0.05) is 18.8 Å². The van der Waals surface area contributed by atoms with Crippen LogP contribution in [-0.4, -0.2) is 53.2 Å². The summed E-state index contributed by atoms with van der Waals surface area (Å²) in [6.07, 6.45) is 0. The standard InChI is InChI=1S/C19H22ClN5O5S/c20-14-3-1-2-4-15(14)24-31(28,29)17-11-13(23-18(26)12-22-19(21)27)5-6-16(17)25-7-9-30-10-8-25/h1-6,11,24H,7-10,12H2,(H,23,26)(H3,21,22,27). The van der Waals surface area contributed by atoms with Crippen LogP contribution in [0.25, 0.3) is 0 Å².